The average molecular weight is 263 g/mol. The average Bonchev–Trinajstić information content (AvgIpc) is 3.09. The number of benzene rings is 1. The van der Waals surface area contributed by atoms with Crippen LogP contribution in [0.1, 0.15) is 12.8 Å². The van der Waals surface area contributed by atoms with Gasteiger partial charge in [-0.3, -0.25) is 9.59 Å². The molecule has 2 rings (SSSR count). The van der Waals surface area contributed by atoms with E-state index < -0.39 is 5.54 Å². The molecule has 1 aliphatic rings. The van der Waals surface area contributed by atoms with E-state index in [9.17, 15) is 9.59 Å². The van der Waals surface area contributed by atoms with Gasteiger partial charge in [-0.1, -0.05) is 6.07 Å². The Labute approximate surface area is 111 Å². The smallest absolute Gasteiger partial charge is 0.250 e. The summed E-state index contributed by atoms with van der Waals surface area (Å²) in [7, 11) is 1.45. The van der Waals surface area contributed by atoms with Crippen LogP contribution in [0.25, 0.3) is 0 Å². The first-order valence-corrected chi connectivity index (χ1v) is 6.03. The van der Waals surface area contributed by atoms with Crippen LogP contribution in [0.15, 0.2) is 24.3 Å². The minimum absolute atomic E-state index is 0.0114. The summed E-state index contributed by atoms with van der Waals surface area (Å²) in [5.41, 5.74) is 6.29. The quantitative estimate of drug-likeness (QED) is 0.729. The molecule has 4 N–H and O–H groups in total. The summed E-state index contributed by atoms with van der Waals surface area (Å²) in [5.74, 6) is -0.434. The first-order chi connectivity index (χ1) is 9.03. The zero-order chi connectivity index (χ0) is 13.9. The molecule has 0 unspecified atom stereocenters. The zero-order valence-corrected chi connectivity index (χ0v) is 10.7. The third-order valence-corrected chi connectivity index (χ3v) is 2.92. The van der Waals surface area contributed by atoms with Crippen LogP contribution in [-0.4, -0.2) is 31.1 Å². The fraction of sp³-hybridized carbons (Fsp3) is 0.385. The molecule has 0 bridgehead atoms. The first-order valence-electron chi connectivity index (χ1n) is 6.03. The van der Waals surface area contributed by atoms with Crippen LogP contribution in [0.3, 0.4) is 0 Å². The summed E-state index contributed by atoms with van der Waals surface area (Å²) in [5, 5.41) is 5.41. The molecule has 0 spiro atoms. The van der Waals surface area contributed by atoms with Gasteiger partial charge in [0.05, 0.1) is 5.54 Å². The molecule has 102 valence electrons. The minimum Gasteiger partial charge on any atom is -0.375 e. The zero-order valence-electron chi connectivity index (χ0n) is 10.7. The van der Waals surface area contributed by atoms with Gasteiger partial charge in [0.1, 0.15) is 6.61 Å². The van der Waals surface area contributed by atoms with Gasteiger partial charge in [-0.05, 0) is 31.0 Å². The molecule has 0 radical (unpaired) electrons. The predicted molar refractivity (Wildman–Crippen MR) is 71.7 cm³/mol. The summed E-state index contributed by atoms with van der Waals surface area (Å²) < 4.78 is 4.73. The standard InChI is InChI=1S/C13H17N3O3/c1-19-8-11(17)15-9-3-2-4-10(7-9)16-12(18)13(14)5-6-13/h2-4,7H,5-6,8,14H2,1H3,(H,15,17)(H,16,18). The van der Waals surface area contributed by atoms with Crippen molar-refractivity contribution < 1.29 is 14.3 Å². The van der Waals surface area contributed by atoms with E-state index in [1.54, 1.807) is 24.3 Å². The van der Waals surface area contributed by atoms with Gasteiger partial charge >= 0.3 is 0 Å². The van der Waals surface area contributed by atoms with Gasteiger partial charge in [0.15, 0.2) is 0 Å². The molecule has 0 aromatic heterocycles. The lowest BCUT2D eigenvalue weighted by atomic mass is 10.2. The van der Waals surface area contributed by atoms with E-state index in [2.05, 4.69) is 10.6 Å². The first kappa shape index (κ1) is 13.5. The minimum atomic E-state index is -0.713. The molecule has 2 amide bonds. The Hall–Kier alpha value is -1.92. The number of carbonyl (C=O) groups is 2. The molecule has 0 heterocycles. The maximum absolute atomic E-state index is 11.8. The highest BCUT2D eigenvalue weighted by molar-refractivity contribution is 6.00. The third-order valence-electron chi connectivity index (χ3n) is 2.92. The Morgan fingerprint density at radius 1 is 1.32 bits per heavy atom. The molecule has 0 saturated heterocycles. The summed E-state index contributed by atoms with van der Waals surface area (Å²) in [4.78, 5) is 23.2. The number of anilines is 2. The Morgan fingerprint density at radius 3 is 2.53 bits per heavy atom. The van der Waals surface area contributed by atoms with Gasteiger partial charge in [-0.25, -0.2) is 0 Å². The van der Waals surface area contributed by atoms with Crippen LogP contribution in [0, 0.1) is 0 Å². The highest BCUT2D eigenvalue weighted by Gasteiger charge is 2.45. The summed E-state index contributed by atoms with van der Waals surface area (Å²) in [6, 6.07) is 6.90. The highest BCUT2D eigenvalue weighted by Crippen LogP contribution is 2.33. The second kappa shape index (κ2) is 5.38. The Kier molecular flexibility index (Phi) is 3.82. The predicted octanol–water partition coefficient (Wildman–Crippen LogP) is 0.701. The van der Waals surface area contributed by atoms with Crippen LogP contribution in [0.4, 0.5) is 11.4 Å². The van der Waals surface area contributed by atoms with Crippen LogP contribution in [0.5, 0.6) is 0 Å². The molecule has 1 saturated carbocycles. The normalized spacial score (nSPS) is 15.7. The second-order valence-corrected chi connectivity index (χ2v) is 4.67. The second-order valence-electron chi connectivity index (χ2n) is 4.67. The molecule has 6 heteroatoms. The van der Waals surface area contributed by atoms with Crippen molar-refractivity contribution in [2.45, 2.75) is 18.4 Å². The number of nitrogens with one attached hydrogen (secondary N) is 2. The topological polar surface area (TPSA) is 93.5 Å². The van der Waals surface area contributed by atoms with Crippen molar-refractivity contribution in [2.75, 3.05) is 24.4 Å². The van der Waals surface area contributed by atoms with Gasteiger partial charge < -0.3 is 21.1 Å². The van der Waals surface area contributed by atoms with Crippen LogP contribution >= 0.6 is 0 Å². The number of ether oxygens (including phenoxy) is 1. The van der Waals surface area contributed by atoms with Crippen molar-refractivity contribution >= 4 is 23.2 Å². The molecular formula is C13H17N3O3. The van der Waals surface area contributed by atoms with Crippen molar-refractivity contribution in [1.82, 2.24) is 0 Å². The van der Waals surface area contributed by atoms with Crippen LogP contribution in [0.2, 0.25) is 0 Å². The van der Waals surface area contributed by atoms with E-state index in [-0.39, 0.29) is 18.4 Å². The third kappa shape index (κ3) is 3.52. The number of amides is 2. The van der Waals surface area contributed by atoms with Gasteiger partial charge in [0, 0.05) is 18.5 Å². The maximum Gasteiger partial charge on any atom is 0.250 e. The van der Waals surface area contributed by atoms with Crippen molar-refractivity contribution in [1.29, 1.82) is 0 Å². The monoisotopic (exact) mass is 263 g/mol. The Bertz CT molecular complexity index is 498. The van der Waals surface area contributed by atoms with Crippen molar-refractivity contribution in [3.05, 3.63) is 24.3 Å². The fourth-order valence-corrected chi connectivity index (χ4v) is 1.62. The van der Waals surface area contributed by atoms with Crippen molar-refractivity contribution in [3.8, 4) is 0 Å². The summed E-state index contributed by atoms with van der Waals surface area (Å²) in [6.45, 7) is -0.0114. The number of hydrogen-bond acceptors (Lipinski definition) is 4. The van der Waals surface area contributed by atoms with E-state index in [1.807, 2.05) is 0 Å². The number of hydrogen-bond donors (Lipinski definition) is 3. The molecular weight excluding hydrogens is 246 g/mol. The van der Waals surface area contributed by atoms with E-state index in [0.717, 1.165) is 0 Å². The van der Waals surface area contributed by atoms with E-state index in [4.69, 9.17) is 10.5 Å². The Balaban J connectivity index is 1.98. The van der Waals surface area contributed by atoms with E-state index in [0.29, 0.717) is 24.2 Å². The molecule has 1 aliphatic carbocycles. The van der Waals surface area contributed by atoms with Crippen molar-refractivity contribution in [2.24, 2.45) is 5.73 Å². The molecule has 6 nitrogen and oxygen atoms in total. The lowest BCUT2D eigenvalue weighted by Gasteiger charge is -2.11. The molecule has 0 atom stereocenters. The van der Waals surface area contributed by atoms with E-state index in [1.165, 1.54) is 7.11 Å². The maximum atomic E-state index is 11.8. The van der Waals surface area contributed by atoms with Crippen molar-refractivity contribution in [3.63, 3.8) is 0 Å². The lowest BCUT2D eigenvalue weighted by molar-refractivity contribution is -0.119. The molecule has 1 aromatic carbocycles. The molecule has 0 aliphatic heterocycles. The number of nitrogens with two attached hydrogens (primary N) is 1. The SMILES string of the molecule is COCC(=O)Nc1cccc(NC(=O)C2(N)CC2)c1. The fourth-order valence-electron chi connectivity index (χ4n) is 1.62. The lowest BCUT2D eigenvalue weighted by Crippen LogP contribution is -2.37. The summed E-state index contributed by atoms with van der Waals surface area (Å²) >= 11 is 0. The van der Waals surface area contributed by atoms with E-state index >= 15 is 0 Å². The highest BCUT2D eigenvalue weighted by atomic mass is 16.5. The number of rotatable bonds is 5. The van der Waals surface area contributed by atoms with Gasteiger partial charge in [-0.2, -0.15) is 0 Å². The van der Waals surface area contributed by atoms with Gasteiger partial charge in [0.2, 0.25) is 11.8 Å². The van der Waals surface area contributed by atoms with Crippen LogP contribution in [-0.2, 0) is 14.3 Å². The molecule has 19 heavy (non-hydrogen) atoms. The largest absolute Gasteiger partial charge is 0.375 e. The molecule has 1 aromatic rings. The van der Waals surface area contributed by atoms with Crippen LogP contribution < -0.4 is 16.4 Å². The van der Waals surface area contributed by atoms with Gasteiger partial charge in [0.25, 0.3) is 0 Å². The summed E-state index contributed by atoms with van der Waals surface area (Å²) in [6.07, 6.45) is 1.42. The molecule has 1 fully saturated rings. The number of methoxy groups -OCH3 is 1. The Morgan fingerprint density at radius 2 is 1.95 bits per heavy atom. The van der Waals surface area contributed by atoms with Gasteiger partial charge in [-0.15, -0.1) is 0 Å². The number of carbonyl (C=O) groups excluding carboxylic acids is 2.